The fourth-order valence-corrected chi connectivity index (χ4v) is 5.89. The highest BCUT2D eigenvalue weighted by Crippen LogP contribution is 2.33. The second-order valence-corrected chi connectivity index (χ2v) is 11.6. The number of likely N-dealkylation sites (tertiary alicyclic amines) is 1. The average Bonchev–Trinajstić information content (AvgIpc) is 3.50. The molecule has 37 heavy (non-hydrogen) atoms. The zero-order chi connectivity index (χ0) is 26.0. The number of nitrogens with zero attached hydrogens (tertiary/aromatic N) is 3. The lowest BCUT2D eigenvalue weighted by molar-refractivity contribution is 0.349. The molecule has 4 aromatic rings. The number of halogens is 1. The molecule has 1 fully saturated rings. The van der Waals surface area contributed by atoms with Gasteiger partial charge in [-0.3, -0.25) is 4.31 Å². The van der Waals surface area contributed by atoms with Gasteiger partial charge in [-0.1, -0.05) is 48.0 Å². The minimum atomic E-state index is -3.43. The van der Waals surface area contributed by atoms with Crippen molar-refractivity contribution in [2.75, 3.05) is 36.7 Å². The zero-order valence-corrected chi connectivity index (χ0v) is 22.1. The van der Waals surface area contributed by atoms with E-state index in [1.54, 1.807) is 36.4 Å². The quantitative estimate of drug-likeness (QED) is 0.289. The van der Waals surface area contributed by atoms with Crippen molar-refractivity contribution in [1.29, 1.82) is 0 Å². The van der Waals surface area contributed by atoms with Crippen molar-refractivity contribution >= 4 is 49.6 Å². The van der Waals surface area contributed by atoms with Gasteiger partial charge in [-0.15, -0.1) is 0 Å². The highest BCUT2D eigenvalue weighted by Gasteiger charge is 2.21. The standard InChI is InChI=1S/C28H29ClN4O3S/c1-37(35,36)33(18-17-32-15-5-6-16-32)23-12-10-22(11-13-23)30-27(20-7-3-2-4-8-20)26-24-14-9-21(29)19-25(24)31-28(26)34/h2-4,7-14,19,31,34H,5-6,15-18H2,1H3. The molecule has 0 atom stereocenters. The molecule has 0 bridgehead atoms. The second-order valence-electron chi connectivity index (χ2n) is 9.27. The average molecular weight is 537 g/mol. The van der Waals surface area contributed by atoms with Gasteiger partial charge in [-0.25, -0.2) is 13.4 Å². The molecule has 2 N–H and O–H groups in total. The summed E-state index contributed by atoms with van der Waals surface area (Å²) in [6, 6.07) is 22.2. The van der Waals surface area contributed by atoms with Gasteiger partial charge >= 0.3 is 0 Å². The Bertz CT molecular complexity index is 1530. The van der Waals surface area contributed by atoms with E-state index in [0.717, 1.165) is 36.9 Å². The van der Waals surface area contributed by atoms with Crippen LogP contribution in [0.3, 0.4) is 0 Å². The maximum Gasteiger partial charge on any atom is 0.232 e. The van der Waals surface area contributed by atoms with Crippen LogP contribution in [-0.2, 0) is 10.0 Å². The van der Waals surface area contributed by atoms with Crippen molar-refractivity contribution in [3.05, 3.63) is 88.9 Å². The van der Waals surface area contributed by atoms with Crippen molar-refractivity contribution in [3.63, 3.8) is 0 Å². The van der Waals surface area contributed by atoms with Gasteiger partial charge in [-0.05, 0) is 62.3 Å². The van der Waals surface area contributed by atoms with Crippen molar-refractivity contribution in [3.8, 4) is 5.88 Å². The van der Waals surface area contributed by atoms with Crippen LogP contribution in [0.2, 0.25) is 5.02 Å². The Hall–Kier alpha value is -3.33. The molecule has 1 aromatic heterocycles. The van der Waals surface area contributed by atoms with Gasteiger partial charge in [0.05, 0.1) is 34.4 Å². The maximum absolute atomic E-state index is 12.6. The molecule has 0 unspecified atom stereocenters. The molecule has 0 aliphatic carbocycles. The molecular weight excluding hydrogens is 508 g/mol. The first-order chi connectivity index (χ1) is 17.8. The minimum Gasteiger partial charge on any atom is -0.494 e. The first-order valence-corrected chi connectivity index (χ1v) is 14.5. The number of hydrogen-bond acceptors (Lipinski definition) is 5. The van der Waals surface area contributed by atoms with Crippen molar-refractivity contribution in [2.45, 2.75) is 12.8 Å². The van der Waals surface area contributed by atoms with Crippen LogP contribution in [0, 0.1) is 0 Å². The summed E-state index contributed by atoms with van der Waals surface area (Å²) in [4.78, 5) is 10.2. The molecule has 2 heterocycles. The van der Waals surface area contributed by atoms with Crippen molar-refractivity contribution in [2.24, 2.45) is 4.99 Å². The molecule has 0 spiro atoms. The summed E-state index contributed by atoms with van der Waals surface area (Å²) in [7, 11) is -3.43. The van der Waals surface area contributed by atoms with E-state index in [0.29, 0.717) is 46.3 Å². The molecule has 1 saturated heterocycles. The predicted octanol–water partition coefficient (Wildman–Crippen LogP) is 5.56. The van der Waals surface area contributed by atoms with Crippen LogP contribution < -0.4 is 4.31 Å². The third kappa shape index (κ3) is 5.66. The van der Waals surface area contributed by atoms with Gasteiger partial charge in [0.2, 0.25) is 10.0 Å². The lowest BCUT2D eigenvalue weighted by Crippen LogP contribution is -2.37. The SMILES string of the molecule is CS(=O)(=O)N(CCN1CCCC1)c1ccc(N=C(c2ccccc2)c2c(O)[nH]c3cc(Cl)ccc23)cc1. The van der Waals surface area contributed by atoms with E-state index in [9.17, 15) is 13.5 Å². The number of hydrogen-bond donors (Lipinski definition) is 2. The molecule has 0 saturated carbocycles. The van der Waals surface area contributed by atoms with Gasteiger partial charge in [0.25, 0.3) is 0 Å². The third-order valence-corrected chi connectivity index (χ3v) is 8.05. The van der Waals surface area contributed by atoms with Crippen LogP contribution in [0.15, 0.2) is 77.8 Å². The van der Waals surface area contributed by atoms with Crippen molar-refractivity contribution in [1.82, 2.24) is 9.88 Å². The largest absolute Gasteiger partial charge is 0.494 e. The molecule has 7 nitrogen and oxygen atoms in total. The first kappa shape index (κ1) is 25.3. The van der Waals surface area contributed by atoms with Crippen LogP contribution in [0.1, 0.15) is 24.0 Å². The molecule has 9 heteroatoms. The van der Waals surface area contributed by atoms with E-state index in [1.807, 2.05) is 36.4 Å². The lowest BCUT2D eigenvalue weighted by atomic mass is 10.0. The monoisotopic (exact) mass is 536 g/mol. The van der Waals surface area contributed by atoms with Gasteiger partial charge < -0.3 is 15.0 Å². The van der Waals surface area contributed by atoms with E-state index >= 15 is 0 Å². The summed E-state index contributed by atoms with van der Waals surface area (Å²) in [5.74, 6) is 0.00153. The number of benzene rings is 3. The number of rotatable bonds is 8. The Balaban J connectivity index is 1.51. The number of sulfonamides is 1. The number of aromatic hydroxyl groups is 1. The van der Waals surface area contributed by atoms with Gasteiger partial charge in [0, 0.05) is 29.1 Å². The lowest BCUT2D eigenvalue weighted by Gasteiger charge is -2.25. The Morgan fingerprint density at radius 2 is 1.76 bits per heavy atom. The highest BCUT2D eigenvalue weighted by molar-refractivity contribution is 7.92. The normalized spacial score (nSPS) is 14.9. The summed E-state index contributed by atoms with van der Waals surface area (Å²) in [6.45, 7) is 3.14. The summed E-state index contributed by atoms with van der Waals surface area (Å²) in [6.07, 6.45) is 3.56. The minimum absolute atomic E-state index is 0.00153. The maximum atomic E-state index is 12.6. The van der Waals surface area contributed by atoms with Crippen LogP contribution in [0.25, 0.3) is 10.9 Å². The number of nitrogens with one attached hydrogen (secondary N) is 1. The molecule has 5 rings (SSSR count). The molecule has 0 radical (unpaired) electrons. The molecule has 1 aliphatic heterocycles. The predicted molar refractivity (Wildman–Crippen MR) is 151 cm³/mol. The Kier molecular flexibility index (Phi) is 7.24. The molecule has 0 amide bonds. The number of anilines is 1. The van der Waals surface area contributed by atoms with Crippen LogP contribution in [-0.4, -0.2) is 61.6 Å². The number of H-pyrrole nitrogens is 1. The van der Waals surface area contributed by atoms with Crippen molar-refractivity contribution < 1.29 is 13.5 Å². The second kappa shape index (κ2) is 10.6. The van der Waals surface area contributed by atoms with Gasteiger partial charge in [-0.2, -0.15) is 0 Å². The number of aromatic nitrogens is 1. The fourth-order valence-electron chi connectivity index (χ4n) is 4.80. The van der Waals surface area contributed by atoms with E-state index in [1.165, 1.54) is 10.6 Å². The summed E-state index contributed by atoms with van der Waals surface area (Å²) < 4.78 is 26.6. The molecular formula is C28H29ClN4O3S. The summed E-state index contributed by atoms with van der Waals surface area (Å²) in [5.41, 5.74) is 3.95. The van der Waals surface area contributed by atoms with Crippen LogP contribution in [0.4, 0.5) is 11.4 Å². The van der Waals surface area contributed by atoms with E-state index < -0.39 is 10.0 Å². The van der Waals surface area contributed by atoms with Gasteiger partial charge in [0.15, 0.2) is 5.88 Å². The van der Waals surface area contributed by atoms with E-state index in [-0.39, 0.29) is 5.88 Å². The highest BCUT2D eigenvalue weighted by atomic mass is 35.5. The smallest absolute Gasteiger partial charge is 0.232 e. The fraction of sp³-hybridized carbons (Fsp3) is 0.250. The molecule has 3 aromatic carbocycles. The number of fused-ring (bicyclic) bond motifs is 1. The zero-order valence-electron chi connectivity index (χ0n) is 20.6. The van der Waals surface area contributed by atoms with Crippen LogP contribution in [0.5, 0.6) is 5.88 Å². The Morgan fingerprint density at radius 1 is 1.05 bits per heavy atom. The van der Waals surface area contributed by atoms with Crippen LogP contribution >= 0.6 is 11.6 Å². The summed E-state index contributed by atoms with van der Waals surface area (Å²) in [5, 5.41) is 12.2. The number of aliphatic imine (C=N–C) groups is 1. The Morgan fingerprint density at radius 3 is 2.43 bits per heavy atom. The summed E-state index contributed by atoms with van der Waals surface area (Å²) >= 11 is 6.16. The van der Waals surface area contributed by atoms with Gasteiger partial charge in [0.1, 0.15) is 0 Å². The molecule has 192 valence electrons. The van der Waals surface area contributed by atoms with E-state index in [4.69, 9.17) is 16.6 Å². The topological polar surface area (TPSA) is 89.0 Å². The first-order valence-electron chi connectivity index (χ1n) is 12.2. The molecule has 1 aliphatic rings. The number of aromatic amines is 1. The van der Waals surface area contributed by atoms with E-state index in [2.05, 4.69) is 9.88 Å². The third-order valence-electron chi connectivity index (χ3n) is 6.62. The Labute approximate surface area is 222 Å².